The Labute approximate surface area is 178 Å². The van der Waals surface area contributed by atoms with Gasteiger partial charge in [-0.2, -0.15) is 15.0 Å². The summed E-state index contributed by atoms with van der Waals surface area (Å²) < 4.78 is 24.6. The number of sulfone groups is 1. The number of nitrogens with one attached hydrogen (secondary N) is 1. The van der Waals surface area contributed by atoms with Gasteiger partial charge in [0.15, 0.2) is 21.5 Å². The number of hydrogen-bond acceptors (Lipinski definition) is 7. The van der Waals surface area contributed by atoms with E-state index in [2.05, 4.69) is 20.4 Å². The number of pyridine rings is 1. The summed E-state index contributed by atoms with van der Waals surface area (Å²) in [6.45, 7) is 1.73. The lowest BCUT2D eigenvalue weighted by atomic mass is 10.1. The summed E-state index contributed by atoms with van der Waals surface area (Å²) in [5.41, 5.74) is 1.07. The molecule has 0 fully saturated rings. The summed E-state index contributed by atoms with van der Waals surface area (Å²) in [5, 5.41) is 16.1. The molecule has 154 valence electrons. The lowest BCUT2D eigenvalue weighted by molar-refractivity contribution is 0.0937. The molecule has 1 N–H and O–H groups in total. The van der Waals surface area contributed by atoms with Gasteiger partial charge in [-0.25, -0.2) is 18.4 Å². The fourth-order valence-electron chi connectivity index (χ4n) is 2.81. The number of amides is 1. The van der Waals surface area contributed by atoms with E-state index < -0.39 is 21.8 Å². The highest BCUT2D eigenvalue weighted by Gasteiger charge is 2.19. The summed E-state index contributed by atoms with van der Waals surface area (Å²) in [6, 6.07) is 9.13. The van der Waals surface area contributed by atoms with E-state index in [9.17, 15) is 13.2 Å². The van der Waals surface area contributed by atoms with Crippen LogP contribution in [0.15, 0.2) is 42.9 Å². The molecule has 3 aromatic rings. The van der Waals surface area contributed by atoms with Gasteiger partial charge in [0.2, 0.25) is 0 Å². The molecule has 11 heteroatoms. The Balaban J connectivity index is 1.82. The first-order valence-corrected chi connectivity index (χ1v) is 11.1. The SMILES string of the molecule is CC(NC(=O)c1cc(Cl)cc(CS(C)(=O)=O)c1)c1ncnn1-c1ccc(C#N)cn1. The maximum absolute atomic E-state index is 12.7. The molecular weight excluding hydrogens is 428 g/mol. The molecule has 0 aliphatic heterocycles. The molecule has 1 atom stereocenters. The molecule has 0 aliphatic rings. The van der Waals surface area contributed by atoms with Gasteiger partial charge in [0.1, 0.15) is 12.4 Å². The molecule has 0 aliphatic carbocycles. The van der Waals surface area contributed by atoms with Crippen LogP contribution in [0.4, 0.5) is 0 Å². The van der Waals surface area contributed by atoms with Crippen LogP contribution in [-0.4, -0.2) is 40.3 Å². The average molecular weight is 445 g/mol. The van der Waals surface area contributed by atoms with Crippen molar-refractivity contribution >= 4 is 27.3 Å². The van der Waals surface area contributed by atoms with Crippen molar-refractivity contribution < 1.29 is 13.2 Å². The summed E-state index contributed by atoms with van der Waals surface area (Å²) in [6.07, 6.45) is 3.86. The Morgan fingerprint density at radius 1 is 1.30 bits per heavy atom. The number of halogens is 1. The van der Waals surface area contributed by atoms with Crippen molar-refractivity contribution in [1.29, 1.82) is 5.26 Å². The van der Waals surface area contributed by atoms with E-state index in [1.54, 1.807) is 19.1 Å². The highest BCUT2D eigenvalue weighted by molar-refractivity contribution is 7.89. The number of rotatable bonds is 6. The second-order valence-electron chi connectivity index (χ2n) is 6.66. The Kier molecular flexibility index (Phi) is 6.14. The van der Waals surface area contributed by atoms with Crippen molar-refractivity contribution in [3.63, 3.8) is 0 Å². The third kappa shape index (κ3) is 5.20. The zero-order valence-electron chi connectivity index (χ0n) is 16.1. The Morgan fingerprint density at radius 2 is 2.07 bits per heavy atom. The molecule has 30 heavy (non-hydrogen) atoms. The van der Waals surface area contributed by atoms with E-state index in [0.717, 1.165) is 6.26 Å². The number of carbonyl (C=O) groups excluding carboxylic acids is 1. The van der Waals surface area contributed by atoms with Crippen molar-refractivity contribution in [3.05, 3.63) is 70.4 Å². The molecular formula is C19H17ClN6O3S. The highest BCUT2D eigenvalue weighted by atomic mass is 35.5. The molecule has 0 saturated carbocycles. The molecule has 1 amide bonds. The van der Waals surface area contributed by atoms with Crippen LogP contribution in [0.1, 0.15) is 40.3 Å². The van der Waals surface area contributed by atoms with E-state index in [0.29, 0.717) is 22.8 Å². The third-order valence-corrected chi connectivity index (χ3v) is 5.13. The van der Waals surface area contributed by atoms with Gasteiger partial charge in [-0.05, 0) is 42.8 Å². The molecule has 1 aromatic carbocycles. The van der Waals surface area contributed by atoms with Crippen LogP contribution in [0.5, 0.6) is 0 Å². The van der Waals surface area contributed by atoms with Gasteiger partial charge in [0.05, 0.1) is 17.4 Å². The summed E-state index contributed by atoms with van der Waals surface area (Å²) >= 11 is 6.06. The second kappa shape index (κ2) is 8.61. The average Bonchev–Trinajstić information content (AvgIpc) is 3.16. The van der Waals surface area contributed by atoms with Crippen LogP contribution in [0.3, 0.4) is 0 Å². The first-order chi connectivity index (χ1) is 14.2. The smallest absolute Gasteiger partial charge is 0.251 e. The monoisotopic (exact) mass is 444 g/mol. The number of aromatic nitrogens is 4. The van der Waals surface area contributed by atoms with Gasteiger partial charge in [-0.1, -0.05) is 11.6 Å². The minimum Gasteiger partial charge on any atom is -0.342 e. The van der Waals surface area contributed by atoms with Crippen LogP contribution in [0.2, 0.25) is 5.02 Å². The maximum atomic E-state index is 12.7. The Morgan fingerprint density at radius 3 is 2.70 bits per heavy atom. The predicted octanol–water partition coefficient (Wildman–Crippen LogP) is 2.22. The van der Waals surface area contributed by atoms with Gasteiger partial charge >= 0.3 is 0 Å². The van der Waals surface area contributed by atoms with Gasteiger partial charge in [0.25, 0.3) is 5.91 Å². The van der Waals surface area contributed by atoms with Crippen molar-refractivity contribution in [2.75, 3.05) is 6.26 Å². The molecule has 0 bridgehead atoms. The van der Waals surface area contributed by atoms with Crippen molar-refractivity contribution in [2.24, 2.45) is 0 Å². The zero-order valence-corrected chi connectivity index (χ0v) is 17.6. The molecule has 2 heterocycles. The summed E-state index contributed by atoms with van der Waals surface area (Å²) in [7, 11) is -3.28. The molecule has 2 aromatic heterocycles. The lowest BCUT2D eigenvalue weighted by Crippen LogP contribution is -2.29. The maximum Gasteiger partial charge on any atom is 0.251 e. The first-order valence-electron chi connectivity index (χ1n) is 8.71. The highest BCUT2D eigenvalue weighted by Crippen LogP contribution is 2.19. The molecule has 0 spiro atoms. The van der Waals surface area contributed by atoms with E-state index in [-0.39, 0.29) is 16.3 Å². The van der Waals surface area contributed by atoms with Gasteiger partial charge < -0.3 is 5.32 Å². The zero-order chi connectivity index (χ0) is 21.9. The van der Waals surface area contributed by atoms with E-state index >= 15 is 0 Å². The number of nitriles is 1. The number of benzene rings is 1. The molecule has 9 nitrogen and oxygen atoms in total. The summed E-state index contributed by atoms with van der Waals surface area (Å²) in [5.74, 6) is 0.212. The van der Waals surface area contributed by atoms with Gasteiger partial charge in [-0.15, -0.1) is 0 Å². The normalized spacial score (nSPS) is 12.2. The van der Waals surface area contributed by atoms with Crippen LogP contribution < -0.4 is 5.32 Å². The van der Waals surface area contributed by atoms with E-state index in [1.165, 1.54) is 35.4 Å². The van der Waals surface area contributed by atoms with Crippen LogP contribution in [0.25, 0.3) is 5.82 Å². The van der Waals surface area contributed by atoms with Crippen molar-refractivity contribution in [3.8, 4) is 11.9 Å². The topological polar surface area (TPSA) is 131 Å². The minimum atomic E-state index is -3.28. The van der Waals surface area contributed by atoms with Crippen molar-refractivity contribution in [1.82, 2.24) is 25.1 Å². The fraction of sp³-hybridized carbons (Fsp3) is 0.211. The molecule has 0 saturated heterocycles. The predicted molar refractivity (Wildman–Crippen MR) is 110 cm³/mol. The van der Waals surface area contributed by atoms with Crippen LogP contribution in [0, 0.1) is 11.3 Å². The van der Waals surface area contributed by atoms with Crippen LogP contribution in [-0.2, 0) is 15.6 Å². The molecule has 0 radical (unpaired) electrons. The molecule has 3 rings (SSSR count). The largest absolute Gasteiger partial charge is 0.342 e. The Bertz CT molecular complexity index is 1230. The van der Waals surface area contributed by atoms with Crippen molar-refractivity contribution in [2.45, 2.75) is 18.7 Å². The second-order valence-corrected chi connectivity index (χ2v) is 9.24. The standard InChI is InChI=1S/C19H17ClN6O3S/c1-12(18-23-11-24-26(18)17-4-3-13(8-21)9-22-17)25-19(27)15-5-14(6-16(20)7-15)10-30(2,28)29/h3-7,9,11-12H,10H2,1-2H3,(H,25,27). The van der Waals surface area contributed by atoms with Gasteiger partial charge in [-0.3, -0.25) is 4.79 Å². The van der Waals surface area contributed by atoms with E-state index in [4.69, 9.17) is 16.9 Å². The fourth-order valence-corrected chi connectivity index (χ4v) is 3.84. The number of carbonyl (C=O) groups is 1. The van der Waals surface area contributed by atoms with Gasteiger partial charge in [0, 0.05) is 23.0 Å². The third-order valence-electron chi connectivity index (χ3n) is 4.05. The van der Waals surface area contributed by atoms with Crippen LogP contribution >= 0.6 is 11.6 Å². The molecule has 1 unspecified atom stereocenters. The lowest BCUT2D eigenvalue weighted by Gasteiger charge is -2.15. The Hall–Kier alpha value is -3.29. The first kappa shape index (κ1) is 21.4. The number of hydrogen-bond donors (Lipinski definition) is 1. The minimum absolute atomic E-state index is 0.220. The summed E-state index contributed by atoms with van der Waals surface area (Å²) in [4.78, 5) is 21.1. The quantitative estimate of drug-likeness (QED) is 0.616. The van der Waals surface area contributed by atoms with E-state index in [1.807, 2.05) is 6.07 Å². The number of nitrogens with zero attached hydrogens (tertiary/aromatic N) is 5.